The van der Waals surface area contributed by atoms with Gasteiger partial charge in [-0.15, -0.1) is 0 Å². The normalized spacial score (nSPS) is 10.1. The quantitative estimate of drug-likeness (QED) is 0.762. The predicted molar refractivity (Wildman–Crippen MR) is 58.3 cm³/mol. The van der Waals surface area contributed by atoms with Crippen LogP contribution in [0.5, 0.6) is 0 Å². The number of rotatable bonds is 2. The highest BCUT2D eigenvalue weighted by Gasteiger charge is 2.10. The fraction of sp³-hybridized carbons (Fsp3) is 0.100. The zero-order valence-electron chi connectivity index (χ0n) is 8.60. The van der Waals surface area contributed by atoms with Crippen LogP contribution < -0.4 is 11.1 Å². The average molecular weight is 218 g/mol. The molecule has 2 aromatic rings. The zero-order chi connectivity index (χ0) is 11.5. The predicted octanol–water partition coefficient (Wildman–Crippen LogP) is 0.328. The average Bonchev–Trinajstić information content (AvgIpc) is 2.61. The molecule has 1 amide bonds. The molecule has 82 valence electrons. The van der Waals surface area contributed by atoms with E-state index in [0.717, 1.165) is 10.2 Å². The van der Waals surface area contributed by atoms with Gasteiger partial charge in [0.1, 0.15) is 0 Å². The first-order valence-electron chi connectivity index (χ1n) is 4.69. The second-order valence-electron chi connectivity index (χ2n) is 3.22. The molecule has 0 saturated carbocycles. The van der Waals surface area contributed by atoms with Crippen molar-refractivity contribution >= 4 is 5.91 Å². The van der Waals surface area contributed by atoms with E-state index in [9.17, 15) is 9.59 Å². The zero-order valence-corrected chi connectivity index (χ0v) is 8.60. The second-order valence-corrected chi connectivity index (χ2v) is 3.22. The maximum absolute atomic E-state index is 11.4. The lowest BCUT2D eigenvalue weighted by Gasteiger charge is -2.04. The summed E-state index contributed by atoms with van der Waals surface area (Å²) < 4.78 is 1.08. The first kappa shape index (κ1) is 10.2. The molecule has 0 radical (unpaired) electrons. The summed E-state index contributed by atoms with van der Waals surface area (Å²) in [6, 6.07) is 9.11. The molecular weight excluding hydrogens is 208 g/mol. The van der Waals surface area contributed by atoms with Crippen molar-refractivity contribution in [2.75, 3.05) is 5.43 Å². The van der Waals surface area contributed by atoms with Crippen LogP contribution in [-0.2, 0) is 4.79 Å². The first-order chi connectivity index (χ1) is 7.68. The Bertz CT molecular complexity index is 556. The molecule has 0 bridgehead atoms. The van der Waals surface area contributed by atoms with Crippen molar-refractivity contribution < 1.29 is 4.79 Å². The van der Waals surface area contributed by atoms with Crippen molar-refractivity contribution in [1.82, 2.24) is 14.9 Å². The second kappa shape index (κ2) is 4.01. The molecule has 1 heterocycles. The van der Waals surface area contributed by atoms with E-state index in [2.05, 4.69) is 15.6 Å². The molecule has 0 aliphatic carbocycles. The number of carbonyl (C=O) groups excluding carboxylic acids is 1. The van der Waals surface area contributed by atoms with Crippen LogP contribution in [0.25, 0.3) is 11.4 Å². The summed E-state index contributed by atoms with van der Waals surface area (Å²) in [5, 5.41) is 6.13. The van der Waals surface area contributed by atoms with E-state index in [0.29, 0.717) is 5.82 Å². The van der Waals surface area contributed by atoms with Gasteiger partial charge in [0.05, 0.1) is 0 Å². The molecule has 0 atom stereocenters. The molecular formula is C10H10N4O2. The van der Waals surface area contributed by atoms with Crippen LogP contribution in [0.1, 0.15) is 6.92 Å². The Morgan fingerprint density at radius 2 is 2.06 bits per heavy atom. The number of hydrogen-bond acceptors (Lipinski definition) is 3. The molecule has 2 rings (SSSR count). The monoisotopic (exact) mass is 218 g/mol. The molecule has 0 spiro atoms. The van der Waals surface area contributed by atoms with Crippen LogP contribution in [0.2, 0.25) is 0 Å². The van der Waals surface area contributed by atoms with Gasteiger partial charge in [-0.2, -0.15) is 9.77 Å². The van der Waals surface area contributed by atoms with E-state index >= 15 is 0 Å². The van der Waals surface area contributed by atoms with Crippen molar-refractivity contribution in [2.45, 2.75) is 6.92 Å². The van der Waals surface area contributed by atoms with Crippen LogP contribution in [0.3, 0.4) is 0 Å². The van der Waals surface area contributed by atoms with E-state index in [1.807, 2.05) is 18.2 Å². The van der Waals surface area contributed by atoms with E-state index in [-0.39, 0.29) is 5.91 Å². The minimum absolute atomic E-state index is 0.333. The fourth-order valence-electron chi connectivity index (χ4n) is 1.34. The summed E-state index contributed by atoms with van der Waals surface area (Å²) in [6.07, 6.45) is 0. The van der Waals surface area contributed by atoms with Gasteiger partial charge in [-0.3, -0.25) is 10.2 Å². The minimum atomic E-state index is -0.478. The highest BCUT2D eigenvalue weighted by Crippen LogP contribution is 2.12. The molecule has 0 aliphatic rings. The van der Waals surface area contributed by atoms with Crippen molar-refractivity contribution in [1.29, 1.82) is 0 Å². The number of carbonyl (C=O) groups is 1. The van der Waals surface area contributed by atoms with Gasteiger partial charge in [0.2, 0.25) is 5.91 Å². The first-order valence-corrected chi connectivity index (χ1v) is 4.69. The number of benzene rings is 1. The summed E-state index contributed by atoms with van der Waals surface area (Å²) in [5.41, 5.74) is 2.66. The van der Waals surface area contributed by atoms with Crippen molar-refractivity contribution in [3.05, 3.63) is 40.8 Å². The topological polar surface area (TPSA) is 79.8 Å². The summed E-state index contributed by atoms with van der Waals surface area (Å²) in [5.74, 6) is 0.0430. The van der Waals surface area contributed by atoms with E-state index in [4.69, 9.17) is 0 Å². The lowest BCUT2D eigenvalue weighted by atomic mass is 10.2. The molecule has 0 fully saturated rings. The van der Waals surface area contributed by atoms with Crippen LogP contribution >= 0.6 is 0 Å². The molecule has 1 aromatic heterocycles. The van der Waals surface area contributed by atoms with E-state index < -0.39 is 5.69 Å². The van der Waals surface area contributed by atoms with Crippen LogP contribution in [0.4, 0.5) is 0 Å². The third-order valence-electron chi connectivity index (χ3n) is 1.97. The molecule has 0 saturated heterocycles. The SMILES string of the molecule is CC(=O)Nn1c(-c2ccccc2)n[nH]c1=O. The van der Waals surface area contributed by atoms with Crippen molar-refractivity contribution in [3.8, 4) is 11.4 Å². The molecule has 0 aliphatic heterocycles. The molecule has 16 heavy (non-hydrogen) atoms. The van der Waals surface area contributed by atoms with Gasteiger partial charge in [-0.1, -0.05) is 30.3 Å². The van der Waals surface area contributed by atoms with Crippen LogP contribution in [-0.4, -0.2) is 20.8 Å². The number of aromatic nitrogens is 3. The number of amides is 1. The molecule has 0 unspecified atom stereocenters. The summed E-state index contributed by atoms with van der Waals surface area (Å²) in [4.78, 5) is 22.3. The maximum Gasteiger partial charge on any atom is 0.362 e. The van der Waals surface area contributed by atoms with Gasteiger partial charge in [-0.05, 0) is 0 Å². The number of hydrogen-bond donors (Lipinski definition) is 2. The number of nitrogens with one attached hydrogen (secondary N) is 2. The third-order valence-corrected chi connectivity index (χ3v) is 1.97. The lowest BCUT2D eigenvalue weighted by Crippen LogP contribution is -2.30. The fourth-order valence-corrected chi connectivity index (χ4v) is 1.34. The van der Waals surface area contributed by atoms with E-state index in [1.165, 1.54) is 6.92 Å². The van der Waals surface area contributed by atoms with Crippen molar-refractivity contribution in [2.24, 2.45) is 0 Å². The highest BCUT2D eigenvalue weighted by molar-refractivity contribution is 5.81. The highest BCUT2D eigenvalue weighted by atomic mass is 16.2. The minimum Gasteiger partial charge on any atom is -0.274 e. The molecule has 2 N–H and O–H groups in total. The third kappa shape index (κ3) is 1.85. The Labute approximate surface area is 90.9 Å². The Balaban J connectivity index is 2.50. The standard InChI is InChI=1S/C10H10N4O2/c1-7(15)13-14-9(11-12-10(14)16)8-5-3-2-4-6-8/h2-6H,1H3,(H,12,16)(H,13,15). The Morgan fingerprint density at radius 3 is 2.69 bits per heavy atom. The number of aromatic amines is 1. The molecule has 1 aromatic carbocycles. The number of H-pyrrole nitrogens is 1. The Kier molecular flexibility index (Phi) is 2.55. The number of nitrogens with zero attached hydrogens (tertiary/aromatic N) is 2. The van der Waals surface area contributed by atoms with Crippen LogP contribution in [0, 0.1) is 0 Å². The molecule has 6 nitrogen and oxygen atoms in total. The summed E-state index contributed by atoms with van der Waals surface area (Å²) >= 11 is 0. The van der Waals surface area contributed by atoms with Crippen LogP contribution in [0.15, 0.2) is 35.1 Å². The molecule has 6 heteroatoms. The lowest BCUT2D eigenvalue weighted by molar-refractivity contribution is -0.115. The van der Waals surface area contributed by atoms with E-state index in [1.54, 1.807) is 12.1 Å². The van der Waals surface area contributed by atoms with Gasteiger partial charge >= 0.3 is 5.69 Å². The van der Waals surface area contributed by atoms with Gasteiger partial charge in [0.15, 0.2) is 5.82 Å². The van der Waals surface area contributed by atoms with Crippen molar-refractivity contribution in [3.63, 3.8) is 0 Å². The Hall–Kier alpha value is -2.37. The summed E-state index contributed by atoms with van der Waals surface area (Å²) in [6.45, 7) is 1.33. The van der Waals surface area contributed by atoms with Gasteiger partial charge in [-0.25, -0.2) is 9.89 Å². The van der Waals surface area contributed by atoms with Gasteiger partial charge in [0.25, 0.3) is 0 Å². The summed E-state index contributed by atoms with van der Waals surface area (Å²) in [7, 11) is 0. The smallest absolute Gasteiger partial charge is 0.274 e. The Morgan fingerprint density at radius 1 is 1.38 bits per heavy atom. The largest absolute Gasteiger partial charge is 0.362 e. The van der Waals surface area contributed by atoms with Gasteiger partial charge in [0, 0.05) is 12.5 Å². The maximum atomic E-state index is 11.4. The van der Waals surface area contributed by atoms with Gasteiger partial charge < -0.3 is 0 Å².